The van der Waals surface area contributed by atoms with Crippen molar-refractivity contribution in [1.29, 1.82) is 0 Å². The fourth-order valence-corrected chi connectivity index (χ4v) is 1.16. The van der Waals surface area contributed by atoms with Crippen molar-refractivity contribution >= 4 is 11.9 Å². The number of carbonyl (C=O) groups is 2. The summed E-state index contributed by atoms with van der Waals surface area (Å²) in [5, 5.41) is 0. The van der Waals surface area contributed by atoms with Crippen LogP contribution < -0.4 is 0 Å². The summed E-state index contributed by atoms with van der Waals surface area (Å²) in [5.41, 5.74) is 0. The summed E-state index contributed by atoms with van der Waals surface area (Å²) in [7, 11) is 0. The largest absolute Gasteiger partial charge is 0.434 e. The van der Waals surface area contributed by atoms with Gasteiger partial charge in [-0.1, -0.05) is 12.8 Å². The third-order valence-electron chi connectivity index (χ3n) is 1.94. The maximum Gasteiger partial charge on any atom is 0.308 e. The van der Waals surface area contributed by atoms with Crippen LogP contribution in [-0.4, -0.2) is 25.7 Å². The van der Waals surface area contributed by atoms with Gasteiger partial charge in [0.15, 0.2) is 0 Å². The molecule has 0 saturated heterocycles. The van der Waals surface area contributed by atoms with E-state index in [4.69, 9.17) is 0 Å². The van der Waals surface area contributed by atoms with Crippen LogP contribution in [0.5, 0.6) is 0 Å². The molecule has 0 spiro atoms. The normalized spacial score (nSPS) is 9.88. The number of esters is 2. The minimum absolute atomic E-state index is 0.179. The maximum absolute atomic E-state index is 11.5. The predicted molar refractivity (Wildman–Crippen MR) is 51.8 cm³/mol. The Balaban J connectivity index is 3.21. The number of carbonyl (C=O) groups excluding carboxylic acids is 2. The van der Waals surface area contributed by atoms with E-state index in [1.54, 1.807) is 0 Å². The molecule has 0 N–H and O–H groups in total. The number of hydrogen-bond donors (Lipinski definition) is 0. The van der Waals surface area contributed by atoms with Gasteiger partial charge in [-0.05, 0) is 12.8 Å². The van der Waals surface area contributed by atoms with E-state index in [-0.39, 0.29) is 12.8 Å². The van der Waals surface area contributed by atoms with Crippen molar-refractivity contribution in [2.24, 2.45) is 0 Å². The summed E-state index contributed by atoms with van der Waals surface area (Å²) in [6, 6.07) is 0. The molecule has 0 unspecified atom stereocenters. The van der Waals surface area contributed by atoms with Crippen LogP contribution in [0, 0.1) is 0 Å². The van der Waals surface area contributed by atoms with Crippen molar-refractivity contribution in [3.8, 4) is 0 Å². The Labute approximate surface area is 92.9 Å². The molecule has 6 heteroatoms. The summed E-state index contributed by atoms with van der Waals surface area (Å²) >= 11 is 0. The zero-order chi connectivity index (χ0) is 12.2. The molecule has 0 radical (unpaired) electrons. The Morgan fingerprint density at radius 3 is 1.44 bits per heavy atom. The molecule has 0 atom stereocenters. The van der Waals surface area contributed by atoms with E-state index < -0.39 is 25.7 Å². The maximum atomic E-state index is 11.5. The monoisotopic (exact) mass is 238 g/mol. The van der Waals surface area contributed by atoms with E-state index in [1.807, 2.05) is 0 Å². The molecule has 0 rings (SSSR count). The predicted octanol–water partition coefficient (Wildman–Crippen LogP) is 2.27. The first-order valence-electron chi connectivity index (χ1n) is 5.14. The molecule has 0 bridgehead atoms. The highest BCUT2D eigenvalue weighted by molar-refractivity contribution is 5.69. The van der Waals surface area contributed by atoms with Gasteiger partial charge in [0.2, 0.25) is 13.7 Å². The summed E-state index contributed by atoms with van der Waals surface area (Å²) < 4.78 is 31.2. The molecular formula is C10H16F2O4. The fourth-order valence-electron chi connectivity index (χ4n) is 1.16. The second-order valence-electron chi connectivity index (χ2n) is 3.17. The van der Waals surface area contributed by atoms with Gasteiger partial charge < -0.3 is 9.47 Å². The van der Waals surface area contributed by atoms with Crippen molar-refractivity contribution < 1.29 is 27.8 Å². The number of rotatable bonds is 9. The van der Waals surface area contributed by atoms with Gasteiger partial charge in [0, 0.05) is 12.8 Å². The standard InChI is InChI=1S/C10H16F2O4/c11-7-15-9(13)5-3-1-2-4-6-10(14)16-8-12/h1-8H2. The Morgan fingerprint density at radius 2 is 1.12 bits per heavy atom. The lowest BCUT2D eigenvalue weighted by Crippen LogP contribution is -2.03. The van der Waals surface area contributed by atoms with E-state index in [0.717, 1.165) is 12.8 Å². The first-order valence-corrected chi connectivity index (χ1v) is 5.14. The van der Waals surface area contributed by atoms with Crippen LogP contribution in [0.2, 0.25) is 0 Å². The zero-order valence-corrected chi connectivity index (χ0v) is 9.05. The van der Waals surface area contributed by atoms with E-state index in [9.17, 15) is 18.4 Å². The summed E-state index contributed by atoms with van der Waals surface area (Å²) in [6.07, 6.45) is 3.03. The number of halogens is 2. The number of alkyl halides is 2. The molecule has 16 heavy (non-hydrogen) atoms. The van der Waals surface area contributed by atoms with Crippen LogP contribution in [-0.2, 0) is 19.1 Å². The van der Waals surface area contributed by atoms with Crippen LogP contribution in [0.1, 0.15) is 38.5 Å². The smallest absolute Gasteiger partial charge is 0.308 e. The fraction of sp³-hybridized carbons (Fsp3) is 0.800. The SMILES string of the molecule is O=C(CCCCCCC(=O)OCF)OCF. The lowest BCUT2D eigenvalue weighted by molar-refractivity contribution is -0.149. The molecule has 94 valence electrons. The van der Waals surface area contributed by atoms with Crippen molar-refractivity contribution in [1.82, 2.24) is 0 Å². The zero-order valence-electron chi connectivity index (χ0n) is 9.05. The van der Waals surface area contributed by atoms with Gasteiger partial charge in [0.05, 0.1) is 0 Å². The first-order chi connectivity index (χ1) is 7.70. The van der Waals surface area contributed by atoms with Gasteiger partial charge >= 0.3 is 11.9 Å². The minimum atomic E-state index is -1.09. The van der Waals surface area contributed by atoms with Gasteiger partial charge in [-0.3, -0.25) is 9.59 Å². The average Bonchev–Trinajstić information content (AvgIpc) is 2.24. The highest BCUT2D eigenvalue weighted by atomic mass is 19.1. The Morgan fingerprint density at radius 1 is 0.750 bits per heavy atom. The molecule has 0 aromatic heterocycles. The molecule has 0 amide bonds. The molecule has 0 saturated carbocycles. The molecule has 0 aliphatic rings. The van der Waals surface area contributed by atoms with E-state index in [2.05, 4.69) is 9.47 Å². The molecule has 4 nitrogen and oxygen atoms in total. The highest BCUT2D eigenvalue weighted by Gasteiger charge is 2.03. The van der Waals surface area contributed by atoms with Gasteiger partial charge in [0.25, 0.3) is 0 Å². The van der Waals surface area contributed by atoms with Crippen LogP contribution in [0.4, 0.5) is 8.78 Å². The molecule has 0 aliphatic carbocycles. The summed E-state index contributed by atoms with van der Waals surface area (Å²) in [5.74, 6) is -1.11. The summed E-state index contributed by atoms with van der Waals surface area (Å²) in [6.45, 7) is -2.18. The van der Waals surface area contributed by atoms with Gasteiger partial charge in [-0.25, -0.2) is 8.78 Å². The Kier molecular flexibility index (Phi) is 9.55. The first kappa shape index (κ1) is 14.8. The molecular weight excluding hydrogens is 222 g/mol. The van der Waals surface area contributed by atoms with E-state index in [1.165, 1.54) is 0 Å². The van der Waals surface area contributed by atoms with Gasteiger partial charge in [0.1, 0.15) is 0 Å². The quantitative estimate of drug-likeness (QED) is 0.456. The van der Waals surface area contributed by atoms with Crippen LogP contribution >= 0.6 is 0 Å². The van der Waals surface area contributed by atoms with Gasteiger partial charge in [-0.2, -0.15) is 0 Å². The molecule has 0 aromatic carbocycles. The van der Waals surface area contributed by atoms with Crippen LogP contribution in [0.25, 0.3) is 0 Å². The summed E-state index contributed by atoms with van der Waals surface area (Å²) in [4.78, 5) is 21.4. The van der Waals surface area contributed by atoms with E-state index in [0.29, 0.717) is 12.8 Å². The minimum Gasteiger partial charge on any atom is -0.434 e. The molecule has 0 aromatic rings. The lowest BCUT2D eigenvalue weighted by Gasteiger charge is -2.01. The molecule has 0 fully saturated rings. The third-order valence-corrected chi connectivity index (χ3v) is 1.94. The topological polar surface area (TPSA) is 52.6 Å². The van der Waals surface area contributed by atoms with Crippen molar-refractivity contribution in [2.45, 2.75) is 38.5 Å². The van der Waals surface area contributed by atoms with Crippen LogP contribution in [0.15, 0.2) is 0 Å². The van der Waals surface area contributed by atoms with E-state index >= 15 is 0 Å². The number of unbranched alkanes of at least 4 members (excludes halogenated alkanes) is 3. The third kappa shape index (κ3) is 9.36. The van der Waals surface area contributed by atoms with Crippen LogP contribution in [0.3, 0.4) is 0 Å². The number of ether oxygens (including phenoxy) is 2. The van der Waals surface area contributed by atoms with Crippen molar-refractivity contribution in [2.75, 3.05) is 13.7 Å². The van der Waals surface area contributed by atoms with Crippen molar-refractivity contribution in [3.05, 3.63) is 0 Å². The Hall–Kier alpha value is -1.20. The van der Waals surface area contributed by atoms with Crippen molar-refractivity contribution in [3.63, 3.8) is 0 Å². The lowest BCUT2D eigenvalue weighted by atomic mass is 10.1. The Bertz CT molecular complexity index is 187. The van der Waals surface area contributed by atoms with Gasteiger partial charge in [-0.15, -0.1) is 0 Å². The second kappa shape index (κ2) is 10.3. The molecule has 0 heterocycles. The highest BCUT2D eigenvalue weighted by Crippen LogP contribution is 2.07. The number of hydrogen-bond acceptors (Lipinski definition) is 4. The second-order valence-corrected chi connectivity index (χ2v) is 3.17. The molecule has 0 aliphatic heterocycles. The average molecular weight is 238 g/mol.